The molecule has 44 heavy (non-hydrogen) atoms. The van der Waals surface area contributed by atoms with E-state index >= 15 is 4.39 Å². The second-order valence-corrected chi connectivity index (χ2v) is 12.5. The number of piperidine rings is 1. The van der Waals surface area contributed by atoms with Crippen LogP contribution < -0.4 is 9.47 Å². The number of likely N-dealkylation sites (tertiary alicyclic amines) is 1. The van der Waals surface area contributed by atoms with E-state index in [0.717, 1.165) is 24.3 Å². The lowest BCUT2D eigenvalue weighted by Crippen LogP contribution is -2.42. The number of amides is 1. The first-order chi connectivity index (χ1) is 20.3. The Bertz CT molecular complexity index is 1520. The van der Waals surface area contributed by atoms with Crippen LogP contribution in [0, 0.1) is 5.82 Å². The van der Waals surface area contributed by atoms with Gasteiger partial charge in [0.2, 0.25) is 0 Å². The van der Waals surface area contributed by atoms with Crippen LogP contribution in [0.1, 0.15) is 53.1 Å². The van der Waals surface area contributed by atoms with Crippen molar-refractivity contribution in [3.63, 3.8) is 0 Å². The molecule has 1 aliphatic heterocycles. The van der Waals surface area contributed by atoms with E-state index in [1.54, 1.807) is 0 Å². The van der Waals surface area contributed by atoms with E-state index in [1.165, 1.54) is 6.07 Å². The Hall–Kier alpha value is -3.31. The number of carbonyl (C=O) groups is 2. The van der Waals surface area contributed by atoms with E-state index in [9.17, 15) is 44.3 Å². The fourth-order valence-electron chi connectivity index (χ4n) is 4.61. The molecular formula is C26H24ClF7N2O7S. The van der Waals surface area contributed by atoms with Crippen LogP contribution in [0.15, 0.2) is 30.3 Å². The highest BCUT2D eigenvalue weighted by molar-refractivity contribution is 7.88. The number of hydrogen-bond acceptors (Lipinski definition) is 8. The van der Waals surface area contributed by atoms with Gasteiger partial charge >= 0.3 is 24.4 Å². The van der Waals surface area contributed by atoms with E-state index in [-0.39, 0.29) is 29.3 Å². The number of hydrogen-bond donors (Lipinski definition) is 0. The first-order valence-corrected chi connectivity index (χ1v) is 15.1. The Labute approximate surface area is 251 Å². The minimum absolute atomic E-state index is 0.0195. The van der Waals surface area contributed by atoms with Gasteiger partial charge in [0, 0.05) is 30.7 Å². The van der Waals surface area contributed by atoms with E-state index in [0.29, 0.717) is 56.2 Å². The van der Waals surface area contributed by atoms with Crippen molar-refractivity contribution in [2.24, 2.45) is 0 Å². The standard InChI is InChI=1S/C26H24ClF7N2O7S/c1-44(39,40)36(43-24(38)25(29,30)31)23(37)21-12-20(14-2-3-14)15(8-22(21)28)13-35-6-4-17(5-7-35)41-18-9-16(27)10-19(11-18)42-26(32,33)34/h8-12,14,17H,2-7,13H2,1H3. The van der Waals surface area contributed by atoms with Gasteiger partial charge in [-0.15, -0.1) is 13.2 Å². The first kappa shape index (κ1) is 33.6. The smallest absolute Gasteiger partial charge is 0.490 e. The number of halogens is 8. The normalized spacial score (nSPS) is 16.8. The van der Waals surface area contributed by atoms with Crippen LogP contribution in [-0.2, 0) is 26.2 Å². The topological polar surface area (TPSA) is 102 Å². The second kappa shape index (κ2) is 12.6. The zero-order valence-corrected chi connectivity index (χ0v) is 24.2. The Morgan fingerprint density at radius 1 is 0.977 bits per heavy atom. The molecule has 0 aromatic heterocycles. The molecule has 2 fully saturated rings. The van der Waals surface area contributed by atoms with Crippen LogP contribution in [0.4, 0.5) is 30.7 Å². The molecule has 1 saturated heterocycles. The quantitative estimate of drug-likeness (QED) is 0.259. The number of ether oxygens (including phenoxy) is 2. The van der Waals surface area contributed by atoms with Crippen molar-refractivity contribution in [3.8, 4) is 11.5 Å². The molecule has 0 spiro atoms. The monoisotopic (exact) mass is 676 g/mol. The maximum atomic E-state index is 15.2. The van der Waals surface area contributed by atoms with Crippen LogP contribution in [0.3, 0.4) is 0 Å². The predicted octanol–water partition coefficient (Wildman–Crippen LogP) is 5.72. The summed E-state index contributed by atoms with van der Waals surface area (Å²) < 4.78 is 124. The molecule has 9 nitrogen and oxygen atoms in total. The minimum Gasteiger partial charge on any atom is -0.490 e. The molecule has 1 heterocycles. The molecule has 0 N–H and O–H groups in total. The molecule has 0 radical (unpaired) electrons. The molecule has 18 heteroatoms. The zero-order valence-electron chi connectivity index (χ0n) is 22.7. The highest BCUT2D eigenvalue weighted by Crippen LogP contribution is 2.43. The molecule has 0 bridgehead atoms. The van der Waals surface area contributed by atoms with Crippen LogP contribution >= 0.6 is 11.6 Å². The molecule has 0 atom stereocenters. The fraction of sp³-hybridized carbons (Fsp3) is 0.462. The van der Waals surface area contributed by atoms with Gasteiger partial charge < -0.3 is 14.3 Å². The lowest BCUT2D eigenvalue weighted by atomic mass is 9.97. The molecule has 2 aromatic carbocycles. The maximum Gasteiger partial charge on any atom is 0.573 e. The van der Waals surface area contributed by atoms with Gasteiger partial charge in [-0.25, -0.2) is 17.6 Å². The molecule has 1 amide bonds. The van der Waals surface area contributed by atoms with Crippen molar-refractivity contribution in [2.75, 3.05) is 19.3 Å². The summed E-state index contributed by atoms with van der Waals surface area (Å²) in [7, 11) is -4.89. The van der Waals surface area contributed by atoms with Gasteiger partial charge in [-0.05, 0) is 67.0 Å². The third kappa shape index (κ3) is 8.88. The predicted molar refractivity (Wildman–Crippen MR) is 139 cm³/mol. The largest absolute Gasteiger partial charge is 0.573 e. The van der Waals surface area contributed by atoms with Crippen LogP contribution in [-0.4, -0.2) is 67.7 Å². The summed E-state index contributed by atoms with van der Waals surface area (Å²) in [5.41, 5.74) is 0.0567. The number of nitrogens with zero attached hydrogens (tertiary/aromatic N) is 2. The van der Waals surface area contributed by atoms with E-state index in [4.69, 9.17) is 16.3 Å². The highest BCUT2D eigenvalue weighted by Gasteiger charge is 2.46. The Balaban J connectivity index is 1.45. The first-order valence-electron chi connectivity index (χ1n) is 12.9. The summed E-state index contributed by atoms with van der Waals surface area (Å²) in [6.45, 7) is 1.06. The third-order valence-electron chi connectivity index (χ3n) is 6.65. The third-order valence-corrected chi connectivity index (χ3v) is 7.71. The van der Waals surface area contributed by atoms with Crippen LogP contribution in [0.2, 0.25) is 5.02 Å². The van der Waals surface area contributed by atoms with Crippen molar-refractivity contribution in [1.29, 1.82) is 0 Å². The Kier molecular flexibility index (Phi) is 9.61. The zero-order chi connectivity index (χ0) is 32.6. The van der Waals surface area contributed by atoms with Crippen molar-refractivity contribution in [1.82, 2.24) is 9.37 Å². The van der Waals surface area contributed by atoms with Crippen molar-refractivity contribution >= 4 is 33.5 Å². The van der Waals surface area contributed by atoms with Crippen LogP contribution in [0.25, 0.3) is 0 Å². The lowest BCUT2D eigenvalue weighted by Gasteiger charge is -2.33. The lowest BCUT2D eigenvalue weighted by molar-refractivity contribution is -0.274. The SMILES string of the molecule is CS(=O)(=O)N(OC(=O)C(F)(F)F)C(=O)c1cc(C2CC2)c(CN2CCC(Oc3cc(Cl)cc(OC(F)(F)F)c3)CC2)cc1F. The van der Waals surface area contributed by atoms with Crippen LogP contribution in [0.5, 0.6) is 11.5 Å². The van der Waals surface area contributed by atoms with E-state index in [2.05, 4.69) is 9.57 Å². The number of rotatable bonds is 8. The molecule has 1 aliphatic carbocycles. The van der Waals surface area contributed by atoms with E-state index in [1.807, 2.05) is 4.90 Å². The summed E-state index contributed by atoms with van der Waals surface area (Å²) in [6.07, 6.45) is -8.39. The molecule has 0 unspecified atom stereocenters. The fourth-order valence-corrected chi connectivity index (χ4v) is 5.43. The Morgan fingerprint density at radius 2 is 1.59 bits per heavy atom. The van der Waals surface area contributed by atoms with Gasteiger partial charge in [0.05, 0.1) is 11.8 Å². The van der Waals surface area contributed by atoms with Gasteiger partial charge in [0.15, 0.2) is 0 Å². The summed E-state index contributed by atoms with van der Waals surface area (Å²) in [5, 5.41) is -0.0195. The van der Waals surface area contributed by atoms with Gasteiger partial charge in [-0.3, -0.25) is 9.69 Å². The van der Waals surface area contributed by atoms with Crippen molar-refractivity contribution in [3.05, 3.63) is 57.9 Å². The van der Waals surface area contributed by atoms with Gasteiger partial charge in [0.1, 0.15) is 23.4 Å². The molecule has 2 aromatic rings. The van der Waals surface area contributed by atoms with Gasteiger partial charge in [-0.2, -0.15) is 13.2 Å². The number of carbonyl (C=O) groups excluding carboxylic acids is 2. The maximum absolute atomic E-state index is 15.2. The number of alkyl halides is 6. The molecular weight excluding hydrogens is 653 g/mol. The number of hydroxylamine groups is 1. The Morgan fingerprint density at radius 3 is 2.14 bits per heavy atom. The van der Waals surface area contributed by atoms with Gasteiger partial charge in [-0.1, -0.05) is 16.1 Å². The molecule has 4 rings (SSSR count). The number of sulfonamides is 1. The second-order valence-electron chi connectivity index (χ2n) is 10.2. The van der Waals surface area contributed by atoms with Crippen molar-refractivity contribution < 1.29 is 63.1 Å². The molecule has 2 aliphatic rings. The average molecular weight is 677 g/mol. The minimum atomic E-state index is -5.62. The van der Waals surface area contributed by atoms with Gasteiger partial charge in [0.25, 0.3) is 10.0 Å². The van der Waals surface area contributed by atoms with E-state index < -0.39 is 56.0 Å². The molecule has 1 saturated carbocycles. The number of benzene rings is 2. The average Bonchev–Trinajstić information content (AvgIpc) is 3.71. The summed E-state index contributed by atoms with van der Waals surface area (Å²) in [5.74, 6) is -6.59. The molecule has 242 valence electrons. The summed E-state index contributed by atoms with van der Waals surface area (Å²) in [4.78, 5) is 29.8. The summed E-state index contributed by atoms with van der Waals surface area (Å²) in [6, 6.07) is 5.45. The van der Waals surface area contributed by atoms with Crippen molar-refractivity contribution in [2.45, 2.75) is 56.8 Å². The highest BCUT2D eigenvalue weighted by atomic mass is 35.5. The summed E-state index contributed by atoms with van der Waals surface area (Å²) >= 11 is 5.89.